The molecule has 0 fully saturated rings. The van der Waals surface area contributed by atoms with Crippen LogP contribution in [0.3, 0.4) is 0 Å². The molecule has 0 saturated heterocycles. The molecule has 0 aliphatic rings. The molecular weight excluding hydrogens is 308 g/mol. The summed E-state index contributed by atoms with van der Waals surface area (Å²) in [5, 5.41) is 11.1. The molecule has 0 bridgehead atoms. The highest BCUT2D eigenvalue weighted by Crippen LogP contribution is 2.22. The Bertz CT molecular complexity index is 688. The zero-order valence-corrected chi connectivity index (χ0v) is 12.2. The van der Waals surface area contributed by atoms with Crippen LogP contribution >= 0.6 is 11.6 Å². The second kappa shape index (κ2) is 7.02. The number of amides is 1. The van der Waals surface area contributed by atoms with Gasteiger partial charge in [0.05, 0.1) is 11.5 Å². The van der Waals surface area contributed by atoms with Crippen molar-refractivity contribution >= 4 is 23.2 Å². The van der Waals surface area contributed by atoms with Gasteiger partial charge in [-0.05, 0) is 35.4 Å². The molecule has 0 heterocycles. The molecule has 2 aromatic rings. The normalized spacial score (nSPS) is 11.9. The Hall–Kier alpha value is -2.44. The molecule has 0 saturated carbocycles. The molecule has 0 aliphatic heterocycles. The average Bonchev–Trinajstić information content (AvgIpc) is 2.47. The molecule has 0 aliphatic carbocycles. The summed E-state index contributed by atoms with van der Waals surface area (Å²) in [6, 6.07) is 12.5. The lowest BCUT2D eigenvalue weighted by Crippen LogP contribution is -2.23. The van der Waals surface area contributed by atoms with Gasteiger partial charge in [0.2, 0.25) is 0 Å². The molecule has 0 radical (unpaired) electrons. The van der Waals surface area contributed by atoms with Gasteiger partial charge in [0, 0.05) is 17.2 Å². The summed E-state index contributed by atoms with van der Waals surface area (Å²) in [7, 11) is 0. The Morgan fingerprint density at radius 3 is 2.50 bits per heavy atom. The molecule has 2 rings (SSSR count). The molecule has 2 N–H and O–H groups in total. The number of hydrogen-bond acceptors (Lipinski definition) is 4. The van der Waals surface area contributed by atoms with E-state index >= 15 is 0 Å². The number of nitro benzene ring substituents is 1. The fraction of sp³-hybridized carbons (Fsp3) is 0.133. The first kappa shape index (κ1) is 15.9. The lowest BCUT2D eigenvalue weighted by molar-refractivity contribution is -0.384. The van der Waals surface area contributed by atoms with Gasteiger partial charge in [-0.25, -0.2) is 0 Å². The van der Waals surface area contributed by atoms with E-state index in [2.05, 4.69) is 0 Å². The Morgan fingerprint density at radius 1 is 1.27 bits per heavy atom. The van der Waals surface area contributed by atoms with E-state index < -0.39 is 16.9 Å². The topological polar surface area (TPSA) is 95.5 Å². The minimum absolute atomic E-state index is 0.00922. The van der Waals surface area contributed by atoms with E-state index in [1.54, 1.807) is 36.4 Å². The lowest BCUT2D eigenvalue weighted by Gasteiger charge is -2.15. The second-order valence-electron chi connectivity index (χ2n) is 4.57. The van der Waals surface area contributed by atoms with E-state index in [1.165, 1.54) is 12.1 Å². The van der Waals surface area contributed by atoms with Gasteiger partial charge in [-0.2, -0.15) is 0 Å². The van der Waals surface area contributed by atoms with E-state index in [-0.39, 0.29) is 12.3 Å². The zero-order valence-electron chi connectivity index (χ0n) is 11.4. The van der Waals surface area contributed by atoms with Gasteiger partial charge in [-0.15, -0.1) is 0 Å². The molecule has 1 unspecified atom stereocenters. The maximum absolute atomic E-state index is 11.5. The predicted molar refractivity (Wildman–Crippen MR) is 81.3 cm³/mol. The average molecular weight is 321 g/mol. The van der Waals surface area contributed by atoms with E-state index in [1.807, 2.05) is 0 Å². The quantitative estimate of drug-likeness (QED) is 0.653. The molecule has 1 atom stereocenters. The highest BCUT2D eigenvalue weighted by Gasteiger charge is 2.19. The maximum Gasteiger partial charge on any atom is 0.269 e. The summed E-state index contributed by atoms with van der Waals surface area (Å²) in [6.07, 6.45) is -0.936. The fourth-order valence-electron chi connectivity index (χ4n) is 1.91. The van der Waals surface area contributed by atoms with Crippen molar-refractivity contribution < 1.29 is 14.5 Å². The summed E-state index contributed by atoms with van der Waals surface area (Å²) in [5.74, 6) is -0.635. The van der Waals surface area contributed by atoms with Crippen molar-refractivity contribution in [2.45, 2.75) is 12.7 Å². The van der Waals surface area contributed by atoms with Crippen LogP contribution in [0.1, 0.15) is 17.2 Å². The fourth-order valence-corrected chi connectivity index (χ4v) is 2.10. The highest BCUT2D eigenvalue weighted by atomic mass is 35.5. The summed E-state index contributed by atoms with van der Waals surface area (Å²) >= 11 is 5.89. The van der Waals surface area contributed by atoms with Crippen molar-refractivity contribution in [1.29, 1.82) is 0 Å². The number of nitro groups is 1. The van der Waals surface area contributed by atoms with Crippen molar-refractivity contribution in [3.05, 3.63) is 74.8 Å². The standard InChI is InChI=1S/C15H13ClN2O4/c16-12-3-1-2-11(8-12)14(15(17)19)22-9-10-4-6-13(7-5-10)18(20)21/h1-8,14H,9H2,(H2,17,19). The molecule has 1 amide bonds. The molecule has 7 heteroatoms. The van der Waals surface area contributed by atoms with Crippen molar-refractivity contribution in [3.8, 4) is 0 Å². The van der Waals surface area contributed by atoms with Gasteiger partial charge in [-0.1, -0.05) is 23.7 Å². The SMILES string of the molecule is NC(=O)C(OCc1ccc([N+](=O)[O-])cc1)c1cccc(Cl)c1. The molecule has 0 aromatic heterocycles. The van der Waals surface area contributed by atoms with Crippen molar-refractivity contribution in [2.75, 3.05) is 0 Å². The first-order chi connectivity index (χ1) is 10.5. The smallest absolute Gasteiger partial charge is 0.269 e. The van der Waals surface area contributed by atoms with Crippen LogP contribution in [0.2, 0.25) is 5.02 Å². The van der Waals surface area contributed by atoms with Crippen LogP contribution in [-0.4, -0.2) is 10.8 Å². The number of benzene rings is 2. The molecule has 114 valence electrons. The molecular formula is C15H13ClN2O4. The number of ether oxygens (including phenoxy) is 1. The summed E-state index contributed by atoms with van der Waals surface area (Å²) in [6.45, 7) is 0.0954. The zero-order chi connectivity index (χ0) is 16.1. The van der Waals surface area contributed by atoms with Crippen LogP contribution < -0.4 is 5.73 Å². The third-order valence-corrected chi connectivity index (χ3v) is 3.21. The summed E-state index contributed by atoms with van der Waals surface area (Å²) in [4.78, 5) is 21.6. The number of carbonyl (C=O) groups is 1. The minimum atomic E-state index is -0.936. The maximum atomic E-state index is 11.5. The van der Waals surface area contributed by atoms with Gasteiger partial charge in [0.25, 0.3) is 11.6 Å². The molecule has 2 aromatic carbocycles. The van der Waals surface area contributed by atoms with E-state index in [4.69, 9.17) is 22.1 Å². The number of nitrogens with zero attached hydrogens (tertiary/aromatic N) is 1. The third kappa shape index (κ3) is 4.03. The number of halogens is 1. The number of carbonyl (C=O) groups excluding carboxylic acids is 1. The lowest BCUT2D eigenvalue weighted by atomic mass is 10.1. The van der Waals surface area contributed by atoms with Crippen molar-refractivity contribution in [3.63, 3.8) is 0 Å². The van der Waals surface area contributed by atoms with Crippen LogP contribution in [-0.2, 0) is 16.1 Å². The molecule has 6 nitrogen and oxygen atoms in total. The van der Waals surface area contributed by atoms with E-state index in [0.717, 1.165) is 0 Å². The predicted octanol–water partition coefficient (Wildman–Crippen LogP) is 2.99. The molecule has 0 spiro atoms. The van der Waals surface area contributed by atoms with E-state index in [9.17, 15) is 14.9 Å². The number of primary amides is 1. The van der Waals surface area contributed by atoms with Crippen molar-refractivity contribution in [1.82, 2.24) is 0 Å². The van der Waals surface area contributed by atoms with Crippen molar-refractivity contribution in [2.24, 2.45) is 5.73 Å². The van der Waals surface area contributed by atoms with Crippen LogP contribution in [0.15, 0.2) is 48.5 Å². The highest BCUT2D eigenvalue weighted by molar-refractivity contribution is 6.30. The first-order valence-corrected chi connectivity index (χ1v) is 6.75. The van der Waals surface area contributed by atoms with Crippen LogP contribution in [0.5, 0.6) is 0 Å². The largest absolute Gasteiger partial charge is 0.367 e. The Kier molecular flexibility index (Phi) is 5.08. The monoisotopic (exact) mass is 320 g/mol. The third-order valence-electron chi connectivity index (χ3n) is 2.97. The number of nitrogens with two attached hydrogens (primary N) is 1. The van der Waals surface area contributed by atoms with Crippen LogP contribution in [0.4, 0.5) is 5.69 Å². The number of hydrogen-bond donors (Lipinski definition) is 1. The van der Waals surface area contributed by atoms with Crippen LogP contribution in [0.25, 0.3) is 0 Å². The Labute approximate surface area is 131 Å². The summed E-state index contributed by atoms with van der Waals surface area (Å²) in [5.41, 5.74) is 6.59. The minimum Gasteiger partial charge on any atom is -0.367 e. The summed E-state index contributed by atoms with van der Waals surface area (Å²) < 4.78 is 5.53. The van der Waals surface area contributed by atoms with Gasteiger partial charge >= 0.3 is 0 Å². The number of rotatable bonds is 6. The second-order valence-corrected chi connectivity index (χ2v) is 5.01. The van der Waals surface area contributed by atoms with Crippen LogP contribution in [0, 0.1) is 10.1 Å². The first-order valence-electron chi connectivity index (χ1n) is 6.37. The Morgan fingerprint density at radius 2 is 1.95 bits per heavy atom. The number of non-ortho nitro benzene ring substituents is 1. The molecule has 22 heavy (non-hydrogen) atoms. The van der Waals surface area contributed by atoms with Gasteiger partial charge in [0.15, 0.2) is 6.10 Å². The Balaban J connectivity index is 2.09. The van der Waals surface area contributed by atoms with Gasteiger partial charge < -0.3 is 10.5 Å². The van der Waals surface area contributed by atoms with Gasteiger partial charge in [-0.3, -0.25) is 14.9 Å². The van der Waals surface area contributed by atoms with E-state index in [0.29, 0.717) is 16.1 Å². The van der Waals surface area contributed by atoms with Gasteiger partial charge in [0.1, 0.15) is 0 Å².